The molecule has 0 aliphatic carbocycles. The van der Waals surface area contributed by atoms with E-state index in [1.165, 1.54) is 31.4 Å². The Kier molecular flexibility index (Phi) is 4.15. The first-order valence-corrected chi connectivity index (χ1v) is 5.85. The summed E-state index contributed by atoms with van der Waals surface area (Å²) in [5.41, 5.74) is 0.280. The van der Waals surface area contributed by atoms with Gasteiger partial charge in [-0.15, -0.1) is 13.2 Å². The first-order chi connectivity index (χ1) is 10.3. The number of hydrogen-bond donors (Lipinski definition) is 0. The summed E-state index contributed by atoms with van der Waals surface area (Å²) in [4.78, 5) is 13.6. The molecule has 0 unspecified atom stereocenters. The van der Waals surface area contributed by atoms with Gasteiger partial charge in [0, 0.05) is 17.2 Å². The number of rotatable bonds is 4. The van der Waals surface area contributed by atoms with E-state index in [1.807, 2.05) is 0 Å². The lowest BCUT2D eigenvalue weighted by Gasteiger charge is -2.13. The van der Waals surface area contributed by atoms with Crippen molar-refractivity contribution < 1.29 is 27.6 Å². The topological polar surface area (TPSA) is 74.5 Å². The molecule has 0 aliphatic heterocycles. The van der Waals surface area contributed by atoms with Gasteiger partial charge in [0.25, 0.3) is 0 Å². The number of ether oxygens (including phenoxy) is 2. The third kappa shape index (κ3) is 3.43. The zero-order valence-electron chi connectivity index (χ0n) is 11.1. The quantitative estimate of drug-likeness (QED) is 0.637. The first-order valence-electron chi connectivity index (χ1n) is 5.85. The summed E-state index contributed by atoms with van der Waals surface area (Å²) in [6, 6.07) is 6.62. The minimum Gasteiger partial charge on any atom is -0.489 e. The molecule has 1 aromatic heterocycles. The Morgan fingerprint density at radius 3 is 2.50 bits per heavy atom. The van der Waals surface area contributed by atoms with E-state index < -0.39 is 22.9 Å². The predicted octanol–water partition coefficient (Wildman–Crippen LogP) is 3.56. The van der Waals surface area contributed by atoms with E-state index in [0.29, 0.717) is 0 Å². The van der Waals surface area contributed by atoms with Crippen LogP contribution in [0.3, 0.4) is 0 Å². The average Bonchev–Trinajstić information content (AvgIpc) is 2.45. The molecule has 1 heterocycles. The van der Waals surface area contributed by atoms with E-state index in [-0.39, 0.29) is 16.9 Å². The van der Waals surface area contributed by atoms with Gasteiger partial charge in [-0.3, -0.25) is 0 Å². The van der Waals surface area contributed by atoms with Crippen molar-refractivity contribution in [2.75, 3.05) is 7.11 Å². The Morgan fingerprint density at radius 2 is 1.91 bits per heavy atom. The van der Waals surface area contributed by atoms with E-state index in [4.69, 9.17) is 4.74 Å². The number of para-hydroxylation sites is 1. The number of pyridine rings is 1. The van der Waals surface area contributed by atoms with Gasteiger partial charge in [0.2, 0.25) is 5.75 Å². The Hall–Kier alpha value is -2.84. The molecule has 1 aromatic carbocycles. The zero-order valence-corrected chi connectivity index (χ0v) is 11.1. The molecule has 0 atom stereocenters. The van der Waals surface area contributed by atoms with Crippen LogP contribution in [0.5, 0.6) is 11.5 Å². The van der Waals surface area contributed by atoms with Crippen LogP contribution in [0.4, 0.5) is 19.0 Å². The van der Waals surface area contributed by atoms with Crippen LogP contribution in [0.15, 0.2) is 36.5 Å². The minimum absolute atomic E-state index is 0.0838. The van der Waals surface area contributed by atoms with Gasteiger partial charge in [-0.25, -0.2) is 0 Å². The smallest absolute Gasteiger partial charge is 0.489 e. The molecule has 2 aromatic rings. The van der Waals surface area contributed by atoms with Gasteiger partial charge in [-0.2, -0.15) is 0 Å². The van der Waals surface area contributed by atoms with Crippen molar-refractivity contribution in [2.24, 2.45) is 0 Å². The lowest BCUT2D eigenvalue weighted by atomic mass is 10.1. The standard InChI is InChI=1S/C13H9F3N2O4/c1-21-11-6-8(7-17-12(11)18(19)20)9-4-2-3-5-10(9)22-13(14,15)16/h2-7H,1H3. The molecule has 0 amide bonds. The molecule has 0 fully saturated rings. The Balaban J connectivity index is 2.51. The van der Waals surface area contributed by atoms with Crippen molar-refractivity contribution in [3.8, 4) is 22.6 Å². The van der Waals surface area contributed by atoms with E-state index in [2.05, 4.69) is 9.72 Å². The van der Waals surface area contributed by atoms with Gasteiger partial charge in [-0.1, -0.05) is 18.2 Å². The highest BCUT2D eigenvalue weighted by molar-refractivity contribution is 5.72. The van der Waals surface area contributed by atoms with Crippen LogP contribution in [-0.2, 0) is 0 Å². The van der Waals surface area contributed by atoms with Crippen LogP contribution in [0.25, 0.3) is 11.1 Å². The van der Waals surface area contributed by atoms with E-state index in [0.717, 1.165) is 12.3 Å². The molecule has 0 saturated heterocycles. The van der Waals surface area contributed by atoms with Crippen molar-refractivity contribution >= 4 is 5.82 Å². The molecule has 22 heavy (non-hydrogen) atoms. The molecule has 0 aliphatic rings. The van der Waals surface area contributed by atoms with Crippen LogP contribution in [0, 0.1) is 10.1 Å². The second-order valence-corrected chi connectivity index (χ2v) is 4.05. The number of methoxy groups -OCH3 is 1. The van der Waals surface area contributed by atoms with Crippen molar-refractivity contribution in [1.82, 2.24) is 4.98 Å². The van der Waals surface area contributed by atoms with Crippen molar-refractivity contribution in [2.45, 2.75) is 6.36 Å². The summed E-state index contributed by atoms with van der Waals surface area (Å²) < 4.78 is 46.0. The van der Waals surface area contributed by atoms with Crippen LogP contribution in [0.2, 0.25) is 0 Å². The lowest BCUT2D eigenvalue weighted by Crippen LogP contribution is -2.17. The van der Waals surface area contributed by atoms with Gasteiger partial charge < -0.3 is 19.6 Å². The summed E-state index contributed by atoms with van der Waals surface area (Å²) in [7, 11) is 1.20. The molecule has 0 N–H and O–H groups in total. The summed E-state index contributed by atoms with van der Waals surface area (Å²) in [6.45, 7) is 0. The maximum atomic E-state index is 12.4. The Labute approximate surface area is 122 Å². The molecule has 6 nitrogen and oxygen atoms in total. The molecule has 0 bridgehead atoms. The highest BCUT2D eigenvalue weighted by Crippen LogP contribution is 2.36. The summed E-state index contributed by atoms with van der Waals surface area (Å²) in [5, 5.41) is 10.8. The van der Waals surface area contributed by atoms with Gasteiger partial charge in [0.1, 0.15) is 11.9 Å². The number of benzene rings is 1. The van der Waals surface area contributed by atoms with Crippen LogP contribution in [-0.4, -0.2) is 23.4 Å². The molecular formula is C13H9F3N2O4. The van der Waals surface area contributed by atoms with Gasteiger partial charge in [0.15, 0.2) is 0 Å². The first kappa shape index (κ1) is 15.5. The number of aromatic nitrogens is 1. The maximum Gasteiger partial charge on any atom is 0.573 e. The number of halogens is 3. The SMILES string of the molecule is COc1cc(-c2ccccc2OC(F)(F)F)cnc1[N+](=O)[O-]. The molecule has 0 spiro atoms. The molecule has 9 heteroatoms. The number of nitrogens with zero attached hydrogens (tertiary/aromatic N) is 2. The normalized spacial score (nSPS) is 11.1. The Bertz CT molecular complexity index is 704. The van der Waals surface area contributed by atoms with Gasteiger partial charge in [-0.05, 0) is 16.0 Å². The van der Waals surface area contributed by atoms with Crippen LogP contribution < -0.4 is 9.47 Å². The summed E-state index contributed by atoms with van der Waals surface area (Å²) >= 11 is 0. The van der Waals surface area contributed by atoms with Gasteiger partial charge in [0.05, 0.1) is 7.11 Å². The van der Waals surface area contributed by atoms with Crippen molar-refractivity contribution in [1.29, 1.82) is 0 Å². The van der Waals surface area contributed by atoms with Crippen molar-refractivity contribution in [3.05, 3.63) is 46.6 Å². The van der Waals surface area contributed by atoms with Crippen LogP contribution in [0.1, 0.15) is 0 Å². The summed E-state index contributed by atoms with van der Waals surface area (Å²) in [5.74, 6) is -1.13. The second-order valence-electron chi connectivity index (χ2n) is 4.05. The van der Waals surface area contributed by atoms with E-state index in [1.54, 1.807) is 0 Å². The van der Waals surface area contributed by atoms with Crippen LogP contribution >= 0.6 is 0 Å². The third-order valence-corrected chi connectivity index (χ3v) is 2.65. The molecule has 0 saturated carbocycles. The van der Waals surface area contributed by atoms with Crippen molar-refractivity contribution in [3.63, 3.8) is 0 Å². The lowest BCUT2D eigenvalue weighted by molar-refractivity contribution is -0.390. The number of alkyl halides is 3. The molecular weight excluding hydrogens is 305 g/mol. The third-order valence-electron chi connectivity index (χ3n) is 2.65. The highest BCUT2D eigenvalue weighted by atomic mass is 19.4. The fraction of sp³-hybridized carbons (Fsp3) is 0.154. The maximum absolute atomic E-state index is 12.4. The minimum atomic E-state index is -4.85. The zero-order chi connectivity index (χ0) is 16.3. The molecule has 2 rings (SSSR count). The largest absolute Gasteiger partial charge is 0.573 e. The van der Waals surface area contributed by atoms with E-state index >= 15 is 0 Å². The fourth-order valence-corrected chi connectivity index (χ4v) is 1.79. The predicted molar refractivity (Wildman–Crippen MR) is 69.6 cm³/mol. The van der Waals surface area contributed by atoms with Gasteiger partial charge >= 0.3 is 12.2 Å². The number of hydrogen-bond acceptors (Lipinski definition) is 5. The average molecular weight is 314 g/mol. The fourth-order valence-electron chi connectivity index (χ4n) is 1.79. The van der Waals surface area contributed by atoms with E-state index in [9.17, 15) is 23.3 Å². The monoisotopic (exact) mass is 314 g/mol. The Morgan fingerprint density at radius 1 is 1.23 bits per heavy atom. The second kappa shape index (κ2) is 5.88. The molecule has 116 valence electrons. The summed E-state index contributed by atoms with van der Waals surface area (Å²) in [6.07, 6.45) is -3.77. The highest BCUT2D eigenvalue weighted by Gasteiger charge is 2.32. The molecule has 0 radical (unpaired) electrons. The number of nitro groups is 1.